The molecule has 0 aromatic heterocycles. The molecule has 14 heavy (non-hydrogen) atoms. The van der Waals surface area contributed by atoms with Crippen LogP contribution in [0.1, 0.15) is 23.2 Å². The Morgan fingerprint density at radius 3 is 2.36 bits per heavy atom. The van der Waals surface area contributed by atoms with Crippen molar-refractivity contribution in [1.29, 1.82) is 5.26 Å². The van der Waals surface area contributed by atoms with Gasteiger partial charge in [-0.25, -0.2) is 0 Å². The largest absolute Gasteiger partial charge is 0.292 e. The van der Waals surface area contributed by atoms with E-state index in [1.807, 2.05) is 12.1 Å². The normalized spacial score (nSPS) is 17.1. The third-order valence-corrected chi connectivity index (χ3v) is 3.03. The lowest BCUT2D eigenvalue weighted by Gasteiger charge is -2.04. The van der Waals surface area contributed by atoms with E-state index in [-0.39, 0.29) is 5.78 Å². The van der Waals surface area contributed by atoms with Crippen molar-refractivity contribution in [3.8, 4) is 6.07 Å². The zero-order valence-electron chi connectivity index (χ0n) is 7.46. The maximum Gasteiger partial charge on any atom is 0.183 e. The minimum Gasteiger partial charge on any atom is -0.292 e. The van der Waals surface area contributed by atoms with Gasteiger partial charge in [0.15, 0.2) is 5.78 Å². The number of hydrogen-bond donors (Lipinski definition) is 0. The number of benzene rings is 1. The van der Waals surface area contributed by atoms with Crippen molar-refractivity contribution in [2.24, 2.45) is 5.41 Å². The monoisotopic (exact) mass is 249 g/mol. The molecule has 0 saturated heterocycles. The summed E-state index contributed by atoms with van der Waals surface area (Å²) in [6.45, 7) is 0. The first kappa shape index (κ1) is 9.42. The highest BCUT2D eigenvalue weighted by Gasteiger charge is 2.50. The van der Waals surface area contributed by atoms with Crippen molar-refractivity contribution in [3.63, 3.8) is 0 Å². The van der Waals surface area contributed by atoms with Gasteiger partial charge < -0.3 is 0 Å². The molecule has 0 atom stereocenters. The Balaban J connectivity index is 2.29. The standard InChI is InChI=1S/C11H8BrNO/c12-9-3-1-8(2-4-9)10(14)11(7-13)5-6-11/h1-4H,5-6H2. The van der Waals surface area contributed by atoms with Crippen molar-refractivity contribution in [2.45, 2.75) is 12.8 Å². The maximum atomic E-state index is 11.8. The van der Waals surface area contributed by atoms with E-state index in [1.54, 1.807) is 12.1 Å². The topological polar surface area (TPSA) is 40.9 Å². The Bertz CT molecular complexity index is 412. The molecular weight excluding hydrogens is 242 g/mol. The summed E-state index contributed by atoms with van der Waals surface area (Å²) < 4.78 is 0.941. The molecule has 0 radical (unpaired) electrons. The first-order valence-electron chi connectivity index (χ1n) is 4.40. The Hall–Kier alpha value is -1.14. The number of carbonyl (C=O) groups excluding carboxylic acids is 1. The van der Waals surface area contributed by atoms with Gasteiger partial charge in [0.25, 0.3) is 0 Å². The van der Waals surface area contributed by atoms with Crippen molar-refractivity contribution in [3.05, 3.63) is 34.3 Å². The second-order valence-electron chi connectivity index (χ2n) is 3.53. The van der Waals surface area contributed by atoms with E-state index in [0.717, 1.165) is 4.47 Å². The molecule has 0 bridgehead atoms. The van der Waals surface area contributed by atoms with Crippen LogP contribution < -0.4 is 0 Å². The quantitative estimate of drug-likeness (QED) is 0.757. The minimum absolute atomic E-state index is 0.0347. The average molecular weight is 250 g/mol. The van der Waals surface area contributed by atoms with Crippen LogP contribution in [-0.2, 0) is 0 Å². The first-order valence-corrected chi connectivity index (χ1v) is 5.19. The number of nitriles is 1. The molecule has 2 rings (SSSR count). The summed E-state index contributed by atoms with van der Waals surface area (Å²) in [7, 11) is 0. The molecule has 2 nitrogen and oxygen atoms in total. The van der Waals surface area contributed by atoms with Crippen LogP contribution in [0.15, 0.2) is 28.7 Å². The zero-order valence-corrected chi connectivity index (χ0v) is 9.04. The van der Waals surface area contributed by atoms with Gasteiger partial charge in [-0.1, -0.05) is 28.1 Å². The van der Waals surface area contributed by atoms with Crippen molar-refractivity contribution >= 4 is 21.7 Å². The fourth-order valence-electron chi connectivity index (χ4n) is 1.39. The fourth-order valence-corrected chi connectivity index (χ4v) is 1.66. The summed E-state index contributed by atoms with van der Waals surface area (Å²) in [6.07, 6.45) is 1.41. The van der Waals surface area contributed by atoms with Crippen LogP contribution in [0.2, 0.25) is 0 Å². The molecule has 1 aliphatic rings. The summed E-state index contributed by atoms with van der Waals surface area (Å²) in [5.74, 6) is -0.0347. The Kier molecular flexibility index (Phi) is 2.16. The van der Waals surface area contributed by atoms with Gasteiger partial charge in [0.1, 0.15) is 5.41 Å². The lowest BCUT2D eigenvalue weighted by Crippen LogP contribution is -2.13. The molecule has 0 heterocycles. The highest BCUT2D eigenvalue weighted by Crippen LogP contribution is 2.47. The van der Waals surface area contributed by atoms with Gasteiger partial charge in [-0.15, -0.1) is 0 Å². The van der Waals surface area contributed by atoms with Gasteiger partial charge in [-0.2, -0.15) is 5.26 Å². The highest BCUT2D eigenvalue weighted by atomic mass is 79.9. The Morgan fingerprint density at radius 1 is 1.36 bits per heavy atom. The molecular formula is C11H8BrNO. The molecule has 1 fully saturated rings. The summed E-state index contributed by atoms with van der Waals surface area (Å²) in [6, 6.07) is 9.25. The van der Waals surface area contributed by atoms with Gasteiger partial charge in [0.2, 0.25) is 0 Å². The van der Waals surface area contributed by atoms with Crippen LogP contribution >= 0.6 is 15.9 Å². The van der Waals surface area contributed by atoms with Crippen molar-refractivity contribution in [2.75, 3.05) is 0 Å². The zero-order chi connectivity index (χ0) is 10.2. The third kappa shape index (κ3) is 1.46. The second kappa shape index (κ2) is 3.21. The first-order chi connectivity index (χ1) is 6.68. The van der Waals surface area contributed by atoms with E-state index in [1.165, 1.54) is 0 Å². The van der Waals surface area contributed by atoms with Gasteiger partial charge >= 0.3 is 0 Å². The van der Waals surface area contributed by atoms with Crippen LogP contribution in [0.4, 0.5) is 0 Å². The molecule has 0 N–H and O–H groups in total. The summed E-state index contributed by atoms with van der Waals surface area (Å²) >= 11 is 3.30. The van der Waals surface area contributed by atoms with Gasteiger partial charge in [-0.3, -0.25) is 4.79 Å². The van der Waals surface area contributed by atoms with Crippen molar-refractivity contribution < 1.29 is 4.79 Å². The summed E-state index contributed by atoms with van der Waals surface area (Å²) in [5.41, 5.74) is -0.0689. The number of Topliss-reactive ketones (excluding diaryl/α,β-unsaturated/α-hetero) is 1. The van der Waals surface area contributed by atoms with Gasteiger partial charge in [0.05, 0.1) is 6.07 Å². The number of carbonyl (C=O) groups is 1. The third-order valence-electron chi connectivity index (χ3n) is 2.51. The van der Waals surface area contributed by atoms with Crippen LogP contribution in [0.5, 0.6) is 0 Å². The van der Waals surface area contributed by atoms with E-state index in [0.29, 0.717) is 18.4 Å². The van der Waals surface area contributed by atoms with Gasteiger partial charge in [0, 0.05) is 10.0 Å². The molecule has 0 spiro atoms. The van der Waals surface area contributed by atoms with Gasteiger partial charge in [-0.05, 0) is 25.0 Å². The number of nitrogens with zero attached hydrogens (tertiary/aromatic N) is 1. The molecule has 3 heteroatoms. The second-order valence-corrected chi connectivity index (χ2v) is 4.45. The molecule has 1 saturated carbocycles. The van der Waals surface area contributed by atoms with Crippen LogP contribution in [-0.4, -0.2) is 5.78 Å². The van der Waals surface area contributed by atoms with E-state index in [4.69, 9.17) is 5.26 Å². The smallest absolute Gasteiger partial charge is 0.183 e. The van der Waals surface area contributed by atoms with E-state index in [9.17, 15) is 4.79 Å². The average Bonchev–Trinajstić information content (AvgIpc) is 2.99. The van der Waals surface area contributed by atoms with E-state index < -0.39 is 5.41 Å². The van der Waals surface area contributed by atoms with Crippen LogP contribution in [0.25, 0.3) is 0 Å². The SMILES string of the molecule is N#CC1(C(=O)c2ccc(Br)cc2)CC1. The molecule has 1 aromatic carbocycles. The number of hydrogen-bond acceptors (Lipinski definition) is 2. The Morgan fingerprint density at radius 2 is 1.93 bits per heavy atom. The van der Waals surface area contributed by atoms with Crippen molar-refractivity contribution in [1.82, 2.24) is 0 Å². The predicted molar refractivity (Wildman–Crippen MR) is 55.8 cm³/mol. The number of halogens is 1. The lowest BCUT2D eigenvalue weighted by atomic mass is 9.96. The van der Waals surface area contributed by atoms with E-state index in [2.05, 4.69) is 22.0 Å². The lowest BCUT2D eigenvalue weighted by molar-refractivity contribution is 0.0934. The van der Waals surface area contributed by atoms with Crippen LogP contribution in [0, 0.1) is 16.7 Å². The highest BCUT2D eigenvalue weighted by molar-refractivity contribution is 9.10. The molecule has 70 valence electrons. The molecule has 1 aliphatic carbocycles. The molecule has 0 amide bonds. The number of rotatable bonds is 2. The molecule has 0 aliphatic heterocycles. The summed E-state index contributed by atoms with van der Waals surface area (Å²) in [4.78, 5) is 11.8. The van der Waals surface area contributed by atoms with E-state index >= 15 is 0 Å². The minimum atomic E-state index is -0.701. The van der Waals surface area contributed by atoms with Crippen LogP contribution in [0.3, 0.4) is 0 Å². The maximum absolute atomic E-state index is 11.8. The molecule has 0 unspecified atom stereocenters. The Labute approximate surface area is 90.7 Å². The number of ketones is 1. The predicted octanol–water partition coefficient (Wildman–Crippen LogP) is 2.94. The molecule has 1 aromatic rings. The summed E-state index contributed by atoms with van der Waals surface area (Å²) in [5, 5.41) is 8.86. The fraction of sp³-hybridized carbons (Fsp3) is 0.273.